The van der Waals surface area contributed by atoms with Gasteiger partial charge in [0.1, 0.15) is 0 Å². The Morgan fingerprint density at radius 3 is 2.67 bits per heavy atom. The minimum atomic E-state index is 0.114. The van der Waals surface area contributed by atoms with Crippen LogP contribution in [0.4, 0.5) is 0 Å². The minimum Gasteiger partial charge on any atom is -0.311 e. The summed E-state index contributed by atoms with van der Waals surface area (Å²) >= 11 is 0. The number of nitrogens with one attached hydrogen (secondary N) is 1. The van der Waals surface area contributed by atoms with Gasteiger partial charge in [0.15, 0.2) is 5.82 Å². The van der Waals surface area contributed by atoms with Crippen molar-refractivity contribution in [3.63, 3.8) is 0 Å². The summed E-state index contributed by atoms with van der Waals surface area (Å²) < 4.78 is 1.78. The topological polar surface area (TPSA) is 55.6 Å². The van der Waals surface area contributed by atoms with Gasteiger partial charge in [0.25, 0.3) is 0 Å². The summed E-state index contributed by atoms with van der Waals surface area (Å²) in [5.74, 6) is 1.31. The molecular weight excluding hydrogens is 226 g/mol. The van der Waals surface area contributed by atoms with Crippen LogP contribution in [-0.2, 0) is 0 Å². The van der Waals surface area contributed by atoms with Gasteiger partial charge in [0, 0.05) is 0 Å². The molecular formula is C13H19N5. The molecule has 0 radical (unpaired) electrons. The molecule has 0 saturated carbocycles. The SMILES string of the molecule is CNC(C)c1nnnn1-c1cccc(C(C)C)c1. The largest absolute Gasteiger partial charge is 0.311 e. The molecule has 1 aromatic carbocycles. The van der Waals surface area contributed by atoms with Gasteiger partial charge in [-0.05, 0) is 48.0 Å². The lowest BCUT2D eigenvalue weighted by atomic mass is 10.0. The second-order valence-electron chi connectivity index (χ2n) is 4.71. The Hall–Kier alpha value is -1.75. The average molecular weight is 245 g/mol. The lowest BCUT2D eigenvalue weighted by Gasteiger charge is -2.12. The zero-order valence-electron chi connectivity index (χ0n) is 11.3. The molecule has 1 atom stereocenters. The van der Waals surface area contributed by atoms with Crippen LogP contribution in [0.15, 0.2) is 24.3 Å². The van der Waals surface area contributed by atoms with E-state index in [2.05, 4.69) is 46.8 Å². The van der Waals surface area contributed by atoms with Gasteiger partial charge in [-0.2, -0.15) is 4.68 Å². The molecule has 5 nitrogen and oxygen atoms in total. The van der Waals surface area contributed by atoms with Gasteiger partial charge in [-0.1, -0.05) is 26.0 Å². The van der Waals surface area contributed by atoms with Crippen LogP contribution >= 0.6 is 0 Å². The fraction of sp³-hybridized carbons (Fsp3) is 0.462. The van der Waals surface area contributed by atoms with E-state index >= 15 is 0 Å². The molecule has 2 aromatic rings. The molecule has 2 rings (SSSR count). The first-order chi connectivity index (χ1) is 8.63. The molecule has 1 aromatic heterocycles. The smallest absolute Gasteiger partial charge is 0.173 e. The highest BCUT2D eigenvalue weighted by Gasteiger charge is 2.14. The van der Waals surface area contributed by atoms with Crippen molar-refractivity contribution in [2.75, 3.05) is 7.05 Å². The highest BCUT2D eigenvalue weighted by atomic mass is 15.5. The van der Waals surface area contributed by atoms with Crippen LogP contribution in [0.2, 0.25) is 0 Å². The Morgan fingerprint density at radius 2 is 2.00 bits per heavy atom. The van der Waals surface area contributed by atoms with Crippen LogP contribution in [0.25, 0.3) is 5.69 Å². The molecule has 0 fully saturated rings. The first-order valence-electron chi connectivity index (χ1n) is 6.19. The quantitative estimate of drug-likeness (QED) is 0.896. The first kappa shape index (κ1) is 12.7. The monoisotopic (exact) mass is 245 g/mol. The molecule has 96 valence electrons. The van der Waals surface area contributed by atoms with Crippen LogP contribution in [0.3, 0.4) is 0 Å². The van der Waals surface area contributed by atoms with Crippen molar-refractivity contribution >= 4 is 0 Å². The molecule has 0 aliphatic rings. The maximum atomic E-state index is 4.08. The summed E-state index contributed by atoms with van der Waals surface area (Å²) in [6, 6.07) is 8.43. The van der Waals surface area contributed by atoms with Crippen molar-refractivity contribution in [2.45, 2.75) is 32.7 Å². The lowest BCUT2D eigenvalue weighted by Crippen LogP contribution is -2.17. The zero-order chi connectivity index (χ0) is 13.1. The van der Waals surface area contributed by atoms with Crippen molar-refractivity contribution in [1.29, 1.82) is 0 Å². The van der Waals surface area contributed by atoms with Crippen LogP contribution in [-0.4, -0.2) is 27.3 Å². The molecule has 1 heterocycles. The molecule has 0 bridgehead atoms. The highest BCUT2D eigenvalue weighted by molar-refractivity contribution is 5.36. The Labute approximate surface area is 107 Å². The van der Waals surface area contributed by atoms with E-state index in [4.69, 9.17) is 0 Å². The average Bonchev–Trinajstić information content (AvgIpc) is 2.87. The van der Waals surface area contributed by atoms with E-state index in [1.54, 1.807) is 4.68 Å². The second-order valence-corrected chi connectivity index (χ2v) is 4.71. The zero-order valence-corrected chi connectivity index (χ0v) is 11.3. The number of tetrazole rings is 1. The van der Waals surface area contributed by atoms with E-state index in [1.165, 1.54) is 5.56 Å². The summed E-state index contributed by atoms with van der Waals surface area (Å²) in [6.45, 7) is 6.39. The van der Waals surface area contributed by atoms with Crippen molar-refractivity contribution in [3.8, 4) is 5.69 Å². The Bertz CT molecular complexity index is 518. The van der Waals surface area contributed by atoms with E-state index < -0.39 is 0 Å². The summed E-state index contributed by atoms with van der Waals surface area (Å²) in [5, 5.41) is 15.1. The van der Waals surface area contributed by atoms with Gasteiger partial charge in [0.2, 0.25) is 0 Å². The Kier molecular flexibility index (Phi) is 3.72. The van der Waals surface area contributed by atoms with Crippen LogP contribution < -0.4 is 5.32 Å². The standard InChI is InChI=1S/C13H19N5/c1-9(2)11-6-5-7-12(8-11)18-13(10(3)14-4)15-16-17-18/h5-10,14H,1-4H3. The maximum absolute atomic E-state index is 4.08. The number of hydrogen-bond donors (Lipinski definition) is 1. The molecule has 1 N–H and O–H groups in total. The summed E-state index contributed by atoms with van der Waals surface area (Å²) in [7, 11) is 1.90. The van der Waals surface area contributed by atoms with Gasteiger partial charge in [-0.15, -0.1) is 5.10 Å². The number of rotatable bonds is 4. The number of hydrogen-bond acceptors (Lipinski definition) is 4. The molecule has 1 unspecified atom stereocenters. The van der Waals surface area contributed by atoms with Crippen LogP contribution in [0.5, 0.6) is 0 Å². The minimum absolute atomic E-state index is 0.114. The van der Waals surface area contributed by atoms with E-state index in [0.29, 0.717) is 5.92 Å². The lowest BCUT2D eigenvalue weighted by molar-refractivity contribution is 0.588. The molecule has 18 heavy (non-hydrogen) atoms. The van der Waals surface area contributed by atoms with E-state index in [0.717, 1.165) is 11.5 Å². The summed E-state index contributed by atoms with van der Waals surface area (Å²) in [6.07, 6.45) is 0. The highest BCUT2D eigenvalue weighted by Crippen LogP contribution is 2.19. The Morgan fingerprint density at radius 1 is 1.22 bits per heavy atom. The van der Waals surface area contributed by atoms with E-state index in [1.807, 2.05) is 26.1 Å². The van der Waals surface area contributed by atoms with E-state index in [9.17, 15) is 0 Å². The third-order valence-electron chi connectivity index (χ3n) is 3.10. The maximum Gasteiger partial charge on any atom is 0.173 e. The number of aromatic nitrogens is 4. The van der Waals surface area contributed by atoms with Crippen molar-refractivity contribution in [3.05, 3.63) is 35.7 Å². The van der Waals surface area contributed by atoms with Gasteiger partial charge >= 0.3 is 0 Å². The fourth-order valence-corrected chi connectivity index (χ4v) is 1.79. The fourth-order valence-electron chi connectivity index (χ4n) is 1.79. The first-order valence-corrected chi connectivity index (χ1v) is 6.19. The van der Waals surface area contributed by atoms with Crippen molar-refractivity contribution in [2.24, 2.45) is 0 Å². The molecule has 5 heteroatoms. The molecule has 0 aliphatic carbocycles. The predicted octanol–water partition coefficient (Wildman–Crippen LogP) is 2.07. The second kappa shape index (κ2) is 5.27. The number of nitrogens with zero attached hydrogens (tertiary/aromatic N) is 4. The van der Waals surface area contributed by atoms with Crippen LogP contribution in [0, 0.1) is 0 Å². The predicted molar refractivity (Wildman–Crippen MR) is 70.7 cm³/mol. The third kappa shape index (κ3) is 2.41. The van der Waals surface area contributed by atoms with E-state index in [-0.39, 0.29) is 6.04 Å². The van der Waals surface area contributed by atoms with Crippen molar-refractivity contribution in [1.82, 2.24) is 25.5 Å². The number of benzene rings is 1. The van der Waals surface area contributed by atoms with Gasteiger partial charge in [0.05, 0.1) is 11.7 Å². The van der Waals surface area contributed by atoms with Crippen molar-refractivity contribution < 1.29 is 0 Å². The van der Waals surface area contributed by atoms with Gasteiger partial charge < -0.3 is 5.32 Å². The normalized spacial score (nSPS) is 12.9. The Balaban J connectivity index is 2.43. The van der Waals surface area contributed by atoms with Crippen LogP contribution in [0.1, 0.15) is 44.1 Å². The summed E-state index contributed by atoms with van der Waals surface area (Å²) in [5.41, 5.74) is 2.29. The molecule has 0 amide bonds. The molecule has 0 aliphatic heterocycles. The molecule has 0 saturated heterocycles. The molecule has 0 spiro atoms. The van der Waals surface area contributed by atoms with Gasteiger partial charge in [-0.25, -0.2) is 0 Å². The van der Waals surface area contributed by atoms with Gasteiger partial charge in [-0.3, -0.25) is 0 Å². The summed E-state index contributed by atoms with van der Waals surface area (Å²) in [4.78, 5) is 0. The third-order valence-corrected chi connectivity index (χ3v) is 3.10.